The average Bonchev–Trinajstić information content (AvgIpc) is 2.66. The van der Waals surface area contributed by atoms with Crippen LogP contribution in [0, 0.1) is 5.82 Å². The summed E-state index contributed by atoms with van der Waals surface area (Å²) in [4.78, 5) is 24.1. The molecule has 2 rings (SSSR count). The summed E-state index contributed by atoms with van der Waals surface area (Å²) in [5.74, 6) is -1.19. The number of rotatable bonds is 7. The van der Waals surface area contributed by atoms with Gasteiger partial charge in [-0.2, -0.15) is 0 Å². The Kier molecular flexibility index (Phi) is 6.37. The normalized spacial score (nSPS) is 10.0. The molecule has 7 nitrogen and oxygen atoms in total. The Morgan fingerprint density at radius 1 is 0.962 bits per heavy atom. The molecule has 0 aliphatic heterocycles. The smallest absolute Gasteiger partial charge is 0.342 e. The molecule has 1 amide bonds. The van der Waals surface area contributed by atoms with Crippen LogP contribution in [0.2, 0.25) is 0 Å². The number of hydrogen-bond donors (Lipinski definition) is 1. The van der Waals surface area contributed by atoms with Crippen LogP contribution >= 0.6 is 0 Å². The molecule has 138 valence electrons. The summed E-state index contributed by atoms with van der Waals surface area (Å²) in [5, 5.41) is 2.32. The van der Waals surface area contributed by atoms with Crippen LogP contribution in [0.15, 0.2) is 36.4 Å². The van der Waals surface area contributed by atoms with Gasteiger partial charge in [0, 0.05) is 12.1 Å². The van der Waals surface area contributed by atoms with E-state index in [0.29, 0.717) is 11.5 Å². The summed E-state index contributed by atoms with van der Waals surface area (Å²) in [6.45, 7) is -0.593. The van der Waals surface area contributed by atoms with E-state index in [1.165, 1.54) is 51.7 Å². The maximum absolute atomic E-state index is 13.5. The SMILES string of the molecule is COc1cc(OC)c(C(=O)OCC(=O)Nc2ccccc2F)cc1OC. The number of ether oxygens (including phenoxy) is 4. The first-order valence-electron chi connectivity index (χ1n) is 7.51. The fourth-order valence-corrected chi connectivity index (χ4v) is 2.15. The van der Waals surface area contributed by atoms with Gasteiger partial charge in [-0.3, -0.25) is 4.79 Å². The van der Waals surface area contributed by atoms with Crippen LogP contribution in [0.3, 0.4) is 0 Å². The number of para-hydroxylation sites is 1. The third kappa shape index (κ3) is 4.41. The maximum atomic E-state index is 13.5. The van der Waals surface area contributed by atoms with Crippen molar-refractivity contribution in [2.24, 2.45) is 0 Å². The number of halogens is 1. The summed E-state index contributed by atoms with van der Waals surface area (Å²) >= 11 is 0. The van der Waals surface area contributed by atoms with E-state index in [-0.39, 0.29) is 17.0 Å². The summed E-state index contributed by atoms with van der Waals surface area (Å²) in [5.41, 5.74) is 0.0566. The van der Waals surface area contributed by atoms with Crippen molar-refractivity contribution in [2.45, 2.75) is 0 Å². The second-order valence-corrected chi connectivity index (χ2v) is 5.01. The van der Waals surface area contributed by atoms with E-state index in [1.54, 1.807) is 6.07 Å². The van der Waals surface area contributed by atoms with Gasteiger partial charge in [0.1, 0.15) is 17.1 Å². The molecular formula is C18H18FNO6. The third-order valence-corrected chi connectivity index (χ3v) is 3.41. The van der Waals surface area contributed by atoms with Crippen molar-refractivity contribution in [3.63, 3.8) is 0 Å². The van der Waals surface area contributed by atoms with Gasteiger partial charge in [0.05, 0.1) is 27.0 Å². The monoisotopic (exact) mass is 363 g/mol. The number of nitrogens with one attached hydrogen (secondary N) is 1. The second kappa shape index (κ2) is 8.70. The van der Waals surface area contributed by atoms with Crippen molar-refractivity contribution >= 4 is 17.6 Å². The summed E-state index contributed by atoms with van der Waals surface area (Å²) in [6, 6.07) is 8.51. The Morgan fingerprint density at radius 3 is 2.19 bits per heavy atom. The van der Waals surface area contributed by atoms with Crippen LogP contribution in [0.5, 0.6) is 17.2 Å². The van der Waals surface area contributed by atoms with Crippen LogP contribution in [0.25, 0.3) is 0 Å². The van der Waals surface area contributed by atoms with E-state index in [2.05, 4.69) is 5.32 Å². The van der Waals surface area contributed by atoms with Gasteiger partial charge >= 0.3 is 5.97 Å². The van der Waals surface area contributed by atoms with Gasteiger partial charge in [-0.05, 0) is 12.1 Å². The molecule has 2 aromatic rings. The van der Waals surface area contributed by atoms with Crippen molar-refractivity contribution in [3.05, 3.63) is 47.8 Å². The highest BCUT2D eigenvalue weighted by atomic mass is 19.1. The molecule has 0 aromatic heterocycles. The van der Waals surface area contributed by atoms with Crippen LogP contribution in [-0.4, -0.2) is 39.8 Å². The highest BCUT2D eigenvalue weighted by molar-refractivity contribution is 5.97. The lowest BCUT2D eigenvalue weighted by atomic mass is 10.1. The standard InChI is InChI=1S/C18H18FNO6/c1-23-14-9-16(25-3)15(24-2)8-11(14)18(22)26-10-17(21)20-13-7-5-4-6-12(13)19/h4-9H,10H2,1-3H3,(H,20,21). The highest BCUT2D eigenvalue weighted by Gasteiger charge is 2.20. The minimum absolute atomic E-state index is 0.00255. The zero-order chi connectivity index (χ0) is 19.1. The molecule has 2 aromatic carbocycles. The predicted octanol–water partition coefficient (Wildman–Crippen LogP) is 2.65. The molecule has 8 heteroatoms. The minimum Gasteiger partial charge on any atom is -0.496 e. The van der Waals surface area contributed by atoms with Crippen molar-refractivity contribution in [1.29, 1.82) is 0 Å². The lowest BCUT2D eigenvalue weighted by molar-refractivity contribution is -0.119. The van der Waals surface area contributed by atoms with E-state index < -0.39 is 24.3 Å². The second-order valence-electron chi connectivity index (χ2n) is 5.01. The molecule has 0 aliphatic rings. The largest absolute Gasteiger partial charge is 0.496 e. The Bertz CT molecular complexity index is 808. The molecule has 0 heterocycles. The lowest BCUT2D eigenvalue weighted by Gasteiger charge is -2.13. The van der Waals surface area contributed by atoms with Gasteiger partial charge in [-0.1, -0.05) is 12.1 Å². The first kappa shape index (κ1) is 19.0. The first-order valence-corrected chi connectivity index (χ1v) is 7.51. The molecular weight excluding hydrogens is 345 g/mol. The first-order chi connectivity index (χ1) is 12.5. The number of hydrogen-bond acceptors (Lipinski definition) is 6. The number of carbonyl (C=O) groups excluding carboxylic acids is 2. The molecule has 1 N–H and O–H groups in total. The fourth-order valence-electron chi connectivity index (χ4n) is 2.15. The Balaban J connectivity index is 2.07. The molecule has 0 radical (unpaired) electrons. The van der Waals surface area contributed by atoms with Gasteiger partial charge < -0.3 is 24.3 Å². The number of methoxy groups -OCH3 is 3. The molecule has 26 heavy (non-hydrogen) atoms. The molecule has 0 fully saturated rings. The number of benzene rings is 2. The lowest BCUT2D eigenvalue weighted by Crippen LogP contribution is -2.21. The van der Waals surface area contributed by atoms with Gasteiger partial charge in [0.2, 0.25) is 0 Å². The fraction of sp³-hybridized carbons (Fsp3) is 0.222. The van der Waals surface area contributed by atoms with E-state index in [4.69, 9.17) is 18.9 Å². The van der Waals surface area contributed by atoms with Crippen LogP contribution in [0.4, 0.5) is 10.1 Å². The molecule has 0 unspecified atom stereocenters. The molecule has 0 saturated carbocycles. The summed E-state index contributed by atoms with van der Waals surface area (Å²) in [7, 11) is 4.24. The number of carbonyl (C=O) groups is 2. The van der Waals surface area contributed by atoms with Gasteiger partial charge in [0.25, 0.3) is 5.91 Å². The van der Waals surface area contributed by atoms with Gasteiger partial charge in [0.15, 0.2) is 18.1 Å². The van der Waals surface area contributed by atoms with Crippen LogP contribution in [0.1, 0.15) is 10.4 Å². The average molecular weight is 363 g/mol. The van der Waals surface area contributed by atoms with Crippen molar-refractivity contribution in [3.8, 4) is 17.2 Å². The Labute approximate surface area is 149 Å². The molecule has 0 saturated heterocycles. The van der Waals surface area contributed by atoms with E-state index in [1.807, 2.05) is 0 Å². The molecule has 0 bridgehead atoms. The van der Waals surface area contributed by atoms with Crippen LogP contribution < -0.4 is 19.5 Å². The van der Waals surface area contributed by atoms with Crippen molar-refractivity contribution in [2.75, 3.05) is 33.3 Å². The summed E-state index contributed by atoms with van der Waals surface area (Å²) < 4.78 is 33.9. The molecule has 0 aliphatic carbocycles. The number of esters is 1. The van der Waals surface area contributed by atoms with Gasteiger partial charge in [-0.25, -0.2) is 9.18 Å². The quantitative estimate of drug-likeness (QED) is 0.762. The predicted molar refractivity (Wildman–Crippen MR) is 91.4 cm³/mol. The van der Waals surface area contributed by atoms with Crippen molar-refractivity contribution < 1.29 is 32.9 Å². The molecule has 0 spiro atoms. The van der Waals surface area contributed by atoms with Crippen molar-refractivity contribution in [1.82, 2.24) is 0 Å². The highest BCUT2D eigenvalue weighted by Crippen LogP contribution is 2.34. The molecule has 0 atom stereocenters. The maximum Gasteiger partial charge on any atom is 0.342 e. The topological polar surface area (TPSA) is 83.1 Å². The number of amides is 1. The third-order valence-electron chi connectivity index (χ3n) is 3.41. The van der Waals surface area contributed by atoms with E-state index in [9.17, 15) is 14.0 Å². The van der Waals surface area contributed by atoms with Crippen LogP contribution in [-0.2, 0) is 9.53 Å². The van der Waals surface area contributed by atoms with Gasteiger partial charge in [-0.15, -0.1) is 0 Å². The van der Waals surface area contributed by atoms with E-state index in [0.717, 1.165) is 0 Å². The number of anilines is 1. The minimum atomic E-state index is -0.800. The Morgan fingerprint density at radius 2 is 1.58 bits per heavy atom. The Hall–Kier alpha value is -3.29. The van der Waals surface area contributed by atoms with E-state index >= 15 is 0 Å². The zero-order valence-corrected chi connectivity index (χ0v) is 14.5. The zero-order valence-electron chi connectivity index (χ0n) is 14.5. The summed E-state index contributed by atoms with van der Waals surface area (Å²) in [6.07, 6.45) is 0.